The lowest BCUT2D eigenvalue weighted by Gasteiger charge is -2.04. The zero-order valence-corrected chi connectivity index (χ0v) is 8.78. The van der Waals surface area contributed by atoms with E-state index in [4.69, 9.17) is 5.73 Å². The molecule has 1 amide bonds. The lowest BCUT2D eigenvalue weighted by atomic mass is 10.0. The van der Waals surface area contributed by atoms with Gasteiger partial charge in [-0.2, -0.15) is 0 Å². The van der Waals surface area contributed by atoms with Crippen molar-refractivity contribution in [3.05, 3.63) is 59.7 Å². The van der Waals surface area contributed by atoms with Crippen LogP contribution in [-0.2, 0) is 0 Å². The number of benzene rings is 2. The molecule has 0 saturated heterocycles. The molecular weight excluding hydrogens is 224 g/mol. The zero-order chi connectivity index (χ0) is 12.4. The van der Waals surface area contributed by atoms with Crippen LogP contribution in [0.1, 0.15) is 10.4 Å². The van der Waals surface area contributed by atoms with Gasteiger partial charge in [0.05, 0.1) is 0 Å². The molecule has 2 aromatic carbocycles. The van der Waals surface area contributed by atoms with Crippen molar-refractivity contribution in [3.8, 4) is 11.1 Å². The van der Waals surface area contributed by atoms with E-state index in [1.165, 1.54) is 36.4 Å². The Hall–Kier alpha value is -2.23. The van der Waals surface area contributed by atoms with E-state index in [2.05, 4.69) is 0 Å². The Morgan fingerprint density at radius 3 is 2.12 bits per heavy atom. The van der Waals surface area contributed by atoms with Gasteiger partial charge >= 0.3 is 0 Å². The van der Waals surface area contributed by atoms with E-state index in [0.29, 0.717) is 11.1 Å². The van der Waals surface area contributed by atoms with Gasteiger partial charge in [0.25, 0.3) is 0 Å². The summed E-state index contributed by atoms with van der Waals surface area (Å²) in [6.45, 7) is 0. The van der Waals surface area contributed by atoms with Crippen LogP contribution in [0.2, 0.25) is 0 Å². The maximum Gasteiger partial charge on any atom is 0.248 e. The van der Waals surface area contributed by atoms with E-state index in [9.17, 15) is 13.6 Å². The molecule has 2 rings (SSSR count). The lowest BCUT2D eigenvalue weighted by molar-refractivity contribution is 0.1000. The van der Waals surface area contributed by atoms with Crippen molar-refractivity contribution in [3.63, 3.8) is 0 Å². The fourth-order valence-corrected chi connectivity index (χ4v) is 1.54. The van der Waals surface area contributed by atoms with Crippen molar-refractivity contribution in [1.82, 2.24) is 0 Å². The van der Waals surface area contributed by atoms with Crippen LogP contribution in [0.4, 0.5) is 8.78 Å². The molecule has 0 atom stereocenters. The summed E-state index contributed by atoms with van der Waals surface area (Å²) in [5.41, 5.74) is 6.28. The minimum absolute atomic E-state index is 0.0873. The minimum atomic E-state index is -0.701. The highest BCUT2D eigenvalue weighted by Gasteiger charge is 2.07. The Bertz CT molecular complexity index is 564. The average Bonchev–Trinajstić information content (AvgIpc) is 2.29. The summed E-state index contributed by atoms with van der Waals surface area (Å²) in [5.74, 6) is -1.63. The van der Waals surface area contributed by atoms with Crippen LogP contribution >= 0.6 is 0 Å². The maximum absolute atomic E-state index is 13.3. The van der Waals surface area contributed by atoms with E-state index < -0.39 is 11.7 Å². The molecule has 0 bridgehead atoms. The van der Waals surface area contributed by atoms with Crippen LogP contribution in [0, 0.1) is 11.6 Å². The van der Waals surface area contributed by atoms with Gasteiger partial charge in [0.15, 0.2) is 0 Å². The first-order chi connectivity index (χ1) is 8.06. The lowest BCUT2D eigenvalue weighted by Crippen LogP contribution is -2.11. The molecule has 0 aliphatic heterocycles. The van der Waals surface area contributed by atoms with Crippen LogP contribution in [-0.4, -0.2) is 5.91 Å². The molecule has 0 aliphatic rings. The predicted molar refractivity (Wildman–Crippen MR) is 60.3 cm³/mol. The van der Waals surface area contributed by atoms with Gasteiger partial charge in [-0.3, -0.25) is 4.79 Å². The normalized spacial score (nSPS) is 10.2. The third-order valence-corrected chi connectivity index (χ3v) is 2.36. The number of carbonyl (C=O) groups excluding carboxylic acids is 1. The van der Waals surface area contributed by atoms with E-state index in [0.717, 1.165) is 6.07 Å². The second-order valence-electron chi connectivity index (χ2n) is 3.60. The molecule has 0 aliphatic carbocycles. The highest BCUT2D eigenvalue weighted by atomic mass is 19.1. The van der Waals surface area contributed by atoms with E-state index in [1.54, 1.807) is 0 Å². The second-order valence-corrected chi connectivity index (χ2v) is 3.60. The molecule has 17 heavy (non-hydrogen) atoms. The standard InChI is InChI=1S/C13H9F2NO/c14-11-3-1-8(2-4-11)9-5-10(13(16)17)7-12(15)6-9/h1-7H,(H2,16,17). The third-order valence-electron chi connectivity index (χ3n) is 2.36. The molecule has 0 heterocycles. The first-order valence-electron chi connectivity index (χ1n) is 4.92. The Morgan fingerprint density at radius 2 is 1.53 bits per heavy atom. The van der Waals surface area contributed by atoms with E-state index in [-0.39, 0.29) is 11.4 Å². The molecule has 0 radical (unpaired) electrons. The van der Waals surface area contributed by atoms with Gasteiger partial charge in [-0.05, 0) is 41.5 Å². The summed E-state index contributed by atoms with van der Waals surface area (Å²) in [6, 6.07) is 9.35. The van der Waals surface area contributed by atoms with Crippen molar-refractivity contribution < 1.29 is 13.6 Å². The summed E-state index contributed by atoms with van der Waals surface area (Å²) in [7, 11) is 0. The fourth-order valence-electron chi connectivity index (χ4n) is 1.54. The fraction of sp³-hybridized carbons (Fsp3) is 0. The largest absolute Gasteiger partial charge is 0.366 e. The molecule has 2 N–H and O–H groups in total. The van der Waals surface area contributed by atoms with Crippen LogP contribution in [0.3, 0.4) is 0 Å². The molecular formula is C13H9F2NO. The van der Waals surface area contributed by atoms with Gasteiger partial charge in [0, 0.05) is 5.56 Å². The number of hydrogen-bond donors (Lipinski definition) is 1. The Labute approximate surface area is 96.7 Å². The zero-order valence-electron chi connectivity index (χ0n) is 8.78. The van der Waals surface area contributed by atoms with Crippen LogP contribution in [0.5, 0.6) is 0 Å². The Morgan fingerprint density at radius 1 is 0.882 bits per heavy atom. The van der Waals surface area contributed by atoms with Crippen LogP contribution < -0.4 is 5.73 Å². The topological polar surface area (TPSA) is 43.1 Å². The molecule has 0 saturated carbocycles. The highest BCUT2D eigenvalue weighted by molar-refractivity contribution is 5.94. The number of carbonyl (C=O) groups is 1. The number of nitrogens with two attached hydrogens (primary N) is 1. The summed E-state index contributed by atoms with van der Waals surface area (Å²) >= 11 is 0. The second kappa shape index (κ2) is 4.33. The average molecular weight is 233 g/mol. The molecule has 2 nitrogen and oxygen atoms in total. The molecule has 4 heteroatoms. The molecule has 86 valence electrons. The van der Waals surface area contributed by atoms with Gasteiger partial charge in [-0.25, -0.2) is 8.78 Å². The molecule has 0 spiro atoms. The third kappa shape index (κ3) is 2.47. The van der Waals surface area contributed by atoms with Crippen molar-refractivity contribution >= 4 is 5.91 Å². The number of hydrogen-bond acceptors (Lipinski definition) is 1. The molecule has 2 aromatic rings. The van der Waals surface area contributed by atoms with Gasteiger partial charge in [0.1, 0.15) is 11.6 Å². The van der Waals surface area contributed by atoms with Gasteiger partial charge in [-0.1, -0.05) is 12.1 Å². The monoisotopic (exact) mass is 233 g/mol. The molecule has 0 fully saturated rings. The summed E-state index contributed by atoms with van der Waals surface area (Å²) < 4.78 is 26.0. The molecule has 0 unspecified atom stereocenters. The van der Waals surface area contributed by atoms with Gasteiger partial charge < -0.3 is 5.73 Å². The first kappa shape index (κ1) is 11.3. The quantitative estimate of drug-likeness (QED) is 0.851. The highest BCUT2D eigenvalue weighted by Crippen LogP contribution is 2.22. The Balaban J connectivity index is 2.51. The number of primary amides is 1. The van der Waals surface area contributed by atoms with Crippen LogP contribution in [0.15, 0.2) is 42.5 Å². The summed E-state index contributed by atoms with van der Waals surface area (Å²) in [5, 5.41) is 0. The summed E-state index contributed by atoms with van der Waals surface area (Å²) in [6.07, 6.45) is 0. The van der Waals surface area contributed by atoms with Crippen molar-refractivity contribution in [1.29, 1.82) is 0 Å². The van der Waals surface area contributed by atoms with Gasteiger partial charge in [-0.15, -0.1) is 0 Å². The SMILES string of the molecule is NC(=O)c1cc(F)cc(-c2ccc(F)cc2)c1. The van der Waals surface area contributed by atoms with E-state index >= 15 is 0 Å². The van der Waals surface area contributed by atoms with E-state index in [1.807, 2.05) is 0 Å². The number of amides is 1. The van der Waals surface area contributed by atoms with Crippen molar-refractivity contribution in [2.45, 2.75) is 0 Å². The predicted octanol–water partition coefficient (Wildman–Crippen LogP) is 2.73. The van der Waals surface area contributed by atoms with Crippen LogP contribution in [0.25, 0.3) is 11.1 Å². The smallest absolute Gasteiger partial charge is 0.248 e. The van der Waals surface area contributed by atoms with Gasteiger partial charge in [0.2, 0.25) is 5.91 Å². The van der Waals surface area contributed by atoms with Crippen molar-refractivity contribution in [2.75, 3.05) is 0 Å². The Kier molecular flexibility index (Phi) is 2.87. The minimum Gasteiger partial charge on any atom is -0.366 e. The number of halogens is 2. The summed E-state index contributed by atoms with van der Waals surface area (Å²) in [4.78, 5) is 11.0. The first-order valence-corrected chi connectivity index (χ1v) is 4.92. The van der Waals surface area contributed by atoms with Crippen molar-refractivity contribution in [2.24, 2.45) is 5.73 Å². The number of rotatable bonds is 2. The maximum atomic E-state index is 13.3. The molecule has 0 aromatic heterocycles.